The van der Waals surface area contributed by atoms with Gasteiger partial charge in [0, 0.05) is 16.7 Å². The van der Waals surface area contributed by atoms with Crippen molar-refractivity contribution in [1.29, 1.82) is 0 Å². The fourth-order valence-electron chi connectivity index (χ4n) is 4.12. The Morgan fingerprint density at radius 2 is 0.604 bits per heavy atom. The van der Waals surface area contributed by atoms with Crippen molar-refractivity contribution in [2.24, 2.45) is 0 Å². The van der Waals surface area contributed by atoms with Gasteiger partial charge in [-0.3, -0.25) is 19.8 Å². The quantitative estimate of drug-likeness (QED) is 0.0717. The Labute approximate surface area is 291 Å². The first kappa shape index (κ1) is 39.0. The molecule has 4 aromatic rings. The summed E-state index contributed by atoms with van der Waals surface area (Å²) in [6.45, 7) is 0. The second-order valence-electron chi connectivity index (χ2n) is 10.1. The van der Waals surface area contributed by atoms with Gasteiger partial charge in [-0.25, -0.2) is 19.2 Å². The molecule has 22 heteroatoms. The SMILES string of the molecule is O=C(NN(C(=O)c1cc(O)c(O)c(O)c1)C(=O)c1cc(O)c(O)c(O)c1)c1cc(O)c(O)c(O)c1.O=C(O)c1cc(C(=O)O)c(C(=O)O)cc1C(=O)O. The van der Waals surface area contributed by atoms with Crippen molar-refractivity contribution in [3.63, 3.8) is 0 Å². The van der Waals surface area contributed by atoms with Gasteiger partial charge in [-0.05, 0) is 48.5 Å². The van der Waals surface area contributed by atoms with Gasteiger partial charge in [-0.1, -0.05) is 0 Å². The van der Waals surface area contributed by atoms with Crippen LogP contribution in [-0.4, -0.2) is 113 Å². The minimum Gasteiger partial charge on any atom is -0.504 e. The number of amides is 3. The number of carbonyl (C=O) groups is 7. The fourth-order valence-corrected chi connectivity index (χ4v) is 4.12. The van der Waals surface area contributed by atoms with Gasteiger partial charge in [0.05, 0.1) is 22.3 Å². The number of carboxylic acid groups (broad SMARTS) is 4. The largest absolute Gasteiger partial charge is 0.504 e. The average Bonchev–Trinajstić information content (AvgIpc) is 3.08. The van der Waals surface area contributed by atoms with Gasteiger partial charge >= 0.3 is 23.9 Å². The van der Waals surface area contributed by atoms with Crippen molar-refractivity contribution < 1.29 is 99.9 Å². The van der Waals surface area contributed by atoms with E-state index in [1.165, 1.54) is 0 Å². The summed E-state index contributed by atoms with van der Waals surface area (Å²) in [7, 11) is 0. The van der Waals surface area contributed by atoms with Gasteiger partial charge in [0.2, 0.25) is 0 Å². The van der Waals surface area contributed by atoms with E-state index in [0.717, 1.165) is 0 Å². The van der Waals surface area contributed by atoms with Crippen molar-refractivity contribution in [3.8, 4) is 51.7 Å². The molecule has 0 bridgehead atoms. The number of carboxylic acids is 4. The number of aromatic carboxylic acids is 4. The summed E-state index contributed by atoms with van der Waals surface area (Å²) in [6.07, 6.45) is 0. The molecule has 0 radical (unpaired) electrons. The Morgan fingerprint density at radius 3 is 0.830 bits per heavy atom. The molecule has 0 heterocycles. The Kier molecular flexibility index (Phi) is 11.0. The summed E-state index contributed by atoms with van der Waals surface area (Å²) in [5.74, 6) is -19.3. The smallest absolute Gasteiger partial charge is 0.336 e. The second-order valence-corrected chi connectivity index (χ2v) is 10.1. The van der Waals surface area contributed by atoms with E-state index in [4.69, 9.17) is 20.4 Å². The highest BCUT2D eigenvalue weighted by molar-refractivity contribution is 6.13. The maximum atomic E-state index is 13.0. The lowest BCUT2D eigenvalue weighted by Crippen LogP contribution is -2.49. The van der Waals surface area contributed by atoms with Crippen LogP contribution in [0, 0.1) is 0 Å². The van der Waals surface area contributed by atoms with E-state index in [1.807, 2.05) is 5.43 Å². The van der Waals surface area contributed by atoms with E-state index in [0.29, 0.717) is 48.5 Å². The Morgan fingerprint density at radius 1 is 0.377 bits per heavy atom. The van der Waals surface area contributed by atoms with Crippen LogP contribution in [-0.2, 0) is 0 Å². The van der Waals surface area contributed by atoms with Gasteiger partial charge in [-0.15, -0.1) is 0 Å². The minimum atomic E-state index is -1.66. The van der Waals surface area contributed by atoms with Crippen molar-refractivity contribution in [3.05, 3.63) is 87.5 Å². The van der Waals surface area contributed by atoms with Crippen molar-refractivity contribution in [2.75, 3.05) is 0 Å². The summed E-state index contributed by atoms with van der Waals surface area (Å²) in [5, 5.41) is 121. The van der Waals surface area contributed by atoms with Crippen LogP contribution < -0.4 is 5.43 Å². The van der Waals surface area contributed by atoms with Crippen LogP contribution in [0.1, 0.15) is 72.5 Å². The average molecular weight is 743 g/mol. The highest BCUT2D eigenvalue weighted by Crippen LogP contribution is 2.38. The molecule has 0 saturated carbocycles. The van der Waals surface area contributed by atoms with E-state index in [9.17, 15) is 79.5 Å². The second kappa shape index (κ2) is 15.0. The van der Waals surface area contributed by atoms with Crippen LogP contribution in [0.25, 0.3) is 0 Å². The number of hydrogen-bond acceptors (Lipinski definition) is 16. The molecule has 0 saturated heterocycles. The number of carbonyl (C=O) groups excluding carboxylic acids is 3. The van der Waals surface area contributed by atoms with E-state index in [2.05, 4.69) is 0 Å². The number of hydrogen-bond donors (Lipinski definition) is 14. The summed E-state index contributed by atoms with van der Waals surface area (Å²) in [6, 6.07) is 4.99. The summed E-state index contributed by atoms with van der Waals surface area (Å²) >= 11 is 0. The molecule has 0 aliphatic heterocycles. The summed E-state index contributed by atoms with van der Waals surface area (Å²) in [4.78, 5) is 81.9. The molecule has 0 unspecified atom stereocenters. The molecule has 0 atom stereocenters. The molecule has 4 rings (SSSR count). The number of phenolic OH excluding ortho intramolecular Hbond substituents is 9. The van der Waals surface area contributed by atoms with Gasteiger partial charge in [-0.2, -0.15) is 5.01 Å². The third kappa shape index (κ3) is 8.24. The fraction of sp³-hybridized carbons (Fsp3) is 0. The van der Waals surface area contributed by atoms with Gasteiger partial charge in [0.1, 0.15) is 0 Å². The number of imide groups is 1. The van der Waals surface area contributed by atoms with Crippen molar-refractivity contribution in [2.45, 2.75) is 0 Å². The minimum absolute atomic E-state index is 0.0137. The Hall–Kier alpha value is -8.43. The number of aromatic hydroxyl groups is 9. The zero-order chi connectivity index (χ0) is 40.2. The molecule has 0 aromatic heterocycles. The molecule has 3 amide bonds. The van der Waals surface area contributed by atoms with Gasteiger partial charge < -0.3 is 66.4 Å². The summed E-state index contributed by atoms with van der Waals surface area (Å²) < 4.78 is 0. The van der Waals surface area contributed by atoms with E-state index >= 15 is 0 Å². The standard InChI is InChI=1S/C21H16N2O12.C10H6O8/c24-10-1-7(2-11(25)16(10)30)19(33)22-23(20(34)8-3-12(26)17(31)13(27)4-8)21(35)9-5-14(28)18(32)15(29)6-9;11-7(12)3-1-4(8(13)14)6(10(17)18)2-5(3)9(15)16/h1-6,24-32H,(H,22,33);1-2H,(H,11,12)(H,13,14)(H,15,16)(H,17,18). The van der Waals surface area contributed by atoms with E-state index in [-0.39, 0.29) is 5.01 Å². The lowest BCUT2D eigenvalue weighted by molar-refractivity contribution is 0.0482. The first-order valence-corrected chi connectivity index (χ1v) is 13.6. The van der Waals surface area contributed by atoms with Gasteiger partial charge in [0.15, 0.2) is 51.7 Å². The molecule has 0 fully saturated rings. The van der Waals surface area contributed by atoms with Crippen LogP contribution in [0.15, 0.2) is 48.5 Å². The molecule has 276 valence electrons. The topological polar surface area (TPSA) is 398 Å². The third-order valence-corrected chi connectivity index (χ3v) is 6.66. The highest BCUT2D eigenvalue weighted by atomic mass is 16.4. The van der Waals surface area contributed by atoms with Crippen LogP contribution >= 0.6 is 0 Å². The zero-order valence-electron chi connectivity index (χ0n) is 25.7. The van der Waals surface area contributed by atoms with Crippen LogP contribution in [0.5, 0.6) is 51.7 Å². The maximum Gasteiger partial charge on any atom is 0.336 e. The molecule has 53 heavy (non-hydrogen) atoms. The summed E-state index contributed by atoms with van der Waals surface area (Å²) in [5.41, 5.74) is -3.10. The first-order chi connectivity index (χ1) is 24.6. The molecule has 0 spiro atoms. The molecule has 0 aliphatic rings. The predicted octanol–water partition coefficient (Wildman–Crippen LogP) is 1.14. The van der Waals surface area contributed by atoms with Crippen LogP contribution in [0.3, 0.4) is 0 Å². The van der Waals surface area contributed by atoms with Crippen LogP contribution in [0.2, 0.25) is 0 Å². The number of hydrazine groups is 1. The number of nitrogens with zero attached hydrogens (tertiary/aromatic N) is 1. The number of phenols is 9. The molecule has 0 aliphatic carbocycles. The molecule has 22 nitrogen and oxygen atoms in total. The van der Waals surface area contributed by atoms with E-state index in [1.54, 1.807) is 0 Å². The Balaban J connectivity index is 0.000000353. The van der Waals surface area contributed by atoms with Crippen molar-refractivity contribution in [1.82, 2.24) is 10.4 Å². The van der Waals surface area contributed by atoms with E-state index < -0.39 is 132 Å². The number of benzene rings is 4. The van der Waals surface area contributed by atoms with Gasteiger partial charge in [0.25, 0.3) is 17.7 Å². The Bertz CT molecular complexity index is 2010. The van der Waals surface area contributed by atoms with Crippen LogP contribution in [0.4, 0.5) is 0 Å². The molecule has 14 N–H and O–H groups in total. The molecule has 4 aromatic carbocycles. The monoisotopic (exact) mass is 742 g/mol. The lowest BCUT2D eigenvalue weighted by Gasteiger charge is -2.22. The first-order valence-electron chi connectivity index (χ1n) is 13.6. The number of nitrogens with one attached hydrogen (secondary N) is 1. The molecular formula is C31H22N2O20. The normalized spacial score (nSPS) is 10.3. The molecular weight excluding hydrogens is 720 g/mol. The zero-order valence-corrected chi connectivity index (χ0v) is 25.7. The highest BCUT2D eigenvalue weighted by Gasteiger charge is 2.30. The number of rotatable bonds is 7. The predicted molar refractivity (Wildman–Crippen MR) is 167 cm³/mol. The van der Waals surface area contributed by atoms with Crippen molar-refractivity contribution >= 4 is 41.6 Å². The lowest BCUT2D eigenvalue weighted by atomic mass is 9.98. The third-order valence-electron chi connectivity index (χ3n) is 6.66. The maximum absolute atomic E-state index is 13.0.